The maximum atomic E-state index is 15.0. The molecule has 0 spiro atoms. The van der Waals surface area contributed by atoms with E-state index in [-0.39, 0.29) is 45.1 Å². The van der Waals surface area contributed by atoms with Crippen molar-refractivity contribution in [2.24, 2.45) is 35.0 Å². The van der Waals surface area contributed by atoms with E-state index in [1.54, 1.807) is 30.5 Å². The number of esters is 1. The molecule has 43 nitrogen and oxygen atoms in total. The highest BCUT2D eigenvalue weighted by molar-refractivity contribution is 6.02. The molecule has 1 saturated heterocycles. The Morgan fingerprint density at radius 1 is 0.590 bits per heavy atom. The van der Waals surface area contributed by atoms with Crippen molar-refractivity contribution in [2.75, 3.05) is 33.8 Å². The van der Waals surface area contributed by atoms with Gasteiger partial charge in [-0.25, -0.2) is 9.59 Å². The predicted molar refractivity (Wildman–Crippen MR) is 411 cm³/mol. The number of ether oxygens (including phenoxy) is 2. The van der Waals surface area contributed by atoms with Crippen molar-refractivity contribution in [1.29, 1.82) is 0 Å². The molecule has 3 rings (SSSR count). The van der Waals surface area contributed by atoms with E-state index in [0.29, 0.717) is 40.1 Å². The molecule has 1 aliphatic heterocycles. The van der Waals surface area contributed by atoms with Gasteiger partial charge in [0.25, 0.3) is 0 Å². The number of para-hydroxylation sites is 1. The van der Waals surface area contributed by atoms with Crippen LogP contribution in [0, 0.1) is 17.8 Å². The first-order chi connectivity index (χ1) is 55.0. The van der Waals surface area contributed by atoms with Gasteiger partial charge in [-0.15, -0.1) is 0 Å². The minimum atomic E-state index is -2.30. The second-order valence-electron chi connectivity index (χ2n) is 28.9. The number of carbonyl (C=O) groups is 20. The van der Waals surface area contributed by atoms with Crippen molar-refractivity contribution in [2.45, 2.75) is 243 Å². The number of nitrogens with two attached hydrogens (primary N) is 3. The summed E-state index contributed by atoms with van der Waals surface area (Å²) in [6.07, 6.45) is -3.89. The normalized spacial score (nSPS) is 22.0. The first-order valence-electron chi connectivity index (χ1n) is 38.3. The molecule has 0 bridgehead atoms. The number of cyclic esters (lactones) is 1. The Hall–Kier alpha value is -11.9. The molecule has 1 aromatic carbocycles. The number of amides is 15. The average Bonchev–Trinajstić information content (AvgIpc) is 1.67. The molecule has 16 atom stereocenters. The number of primary amides is 2. The number of fused-ring (bicyclic) bond motifs is 1. The number of H-pyrrole nitrogens is 1. The molecule has 650 valence electrons. The standard InChI is InChI=1S/C74H113N17O26/c1-10-36(3)20-14-12-13-15-24-52(94)81-46(29-41-33-78-43-22-17-16-21-42(41)43)66(106)84-45(25-26-55(97)98)64(104)86-48(31-51(77)93)69(109)89-60-40(7)117-74(115)59(37(4)11-2)88-71(111)58(38(5)28-56(99)100)87-68(108)47(30-50(76)92)82-53(95)34-79-70(110)61(62(116-9)73(113)114)90-65(105)44(23-18-19-27-75)83-67(107)49(32-57(101)102)85-63(103)39(6)80-54(96)35-91(8)72(60)112/h16-17,21-22,33,36-40,44-49,58-62,78H,10-15,18-20,23-32,34-35,75H2,1-9H3,(H2,76,92)(H2,77,93)(H,79,110)(H,80,96)(H,81,94)(H,82,95)(H,83,107)(H,84,106)(H,85,103)(H,86,104)(H,87,108)(H,88,111)(H,89,109)(H,90,105)(H,97,98)(H,99,100)(H,101,102)(H,113,114)/t36?,37-,38?,39-,40+,44+,45+,46-,47+,48-,49-,58-,59-,60-,61-,62?/m0/s1. The monoisotopic (exact) mass is 1660 g/mol. The van der Waals surface area contributed by atoms with Crippen LogP contribution < -0.4 is 81.0 Å². The lowest BCUT2D eigenvalue weighted by molar-refractivity contribution is -0.159. The van der Waals surface area contributed by atoms with Crippen LogP contribution in [0.5, 0.6) is 0 Å². The van der Waals surface area contributed by atoms with E-state index in [1.165, 1.54) is 13.8 Å². The number of aromatic nitrogens is 1. The zero-order chi connectivity index (χ0) is 88.1. The van der Waals surface area contributed by atoms with E-state index in [2.05, 4.69) is 77.3 Å². The summed E-state index contributed by atoms with van der Waals surface area (Å²) in [7, 11) is 1.75. The maximum absolute atomic E-state index is 15.0. The number of hydrogen-bond donors (Lipinski definition) is 20. The van der Waals surface area contributed by atoms with Gasteiger partial charge in [0.15, 0.2) is 6.10 Å². The third kappa shape index (κ3) is 34.2. The molecule has 1 fully saturated rings. The summed E-state index contributed by atoms with van der Waals surface area (Å²) in [6, 6.07) is -14.7. The third-order valence-electron chi connectivity index (χ3n) is 19.3. The quantitative estimate of drug-likeness (QED) is 0.0222. The Labute approximate surface area is 673 Å². The molecule has 2 heterocycles. The zero-order valence-corrected chi connectivity index (χ0v) is 66.9. The topological polar surface area (TPSA) is 682 Å². The van der Waals surface area contributed by atoms with Gasteiger partial charge in [0, 0.05) is 50.5 Å². The Balaban J connectivity index is 2.27. The van der Waals surface area contributed by atoms with Gasteiger partial charge in [0.1, 0.15) is 72.6 Å². The molecular formula is C74H113N17O26. The Morgan fingerprint density at radius 3 is 1.80 bits per heavy atom. The van der Waals surface area contributed by atoms with Crippen LogP contribution in [0.25, 0.3) is 10.9 Å². The van der Waals surface area contributed by atoms with Crippen LogP contribution >= 0.6 is 0 Å². The second-order valence-corrected chi connectivity index (χ2v) is 28.9. The van der Waals surface area contributed by atoms with Crippen molar-refractivity contribution in [1.82, 2.24) is 73.7 Å². The van der Waals surface area contributed by atoms with Gasteiger partial charge in [-0.1, -0.05) is 91.3 Å². The van der Waals surface area contributed by atoms with Crippen LogP contribution in [0.3, 0.4) is 0 Å². The number of likely N-dealkylation sites (N-methyl/N-ethyl adjacent to an activating group) is 1. The van der Waals surface area contributed by atoms with Gasteiger partial charge in [-0.3, -0.25) is 86.3 Å². The molecule has 1 aliphatic rings. The van der Waals surface area contributed by atoms with Crippen LogP contribution in [0.15, 0.2) is 30.5 Å². The number of carbonyl (C=O) groups excluding carboxylic acids is 16. The first kappa shape index (κ1) is 99.3. The van der Waals surface area contributed by atoms with E-state index in [0.717, 1.165) is 60.6 Å². The minimum absolute atomic E-state index is 0.00303. The molecule has 3 unspecified atom stereocenters. The summed E-state index contributed by atoms with van der Waals surface area (Å²) in [5.41, 5.74) is 18.0. The van der Waals surface area contributed by atoms with Gasteiger partial charge in [0.2, 0.25) is 88.6 Å². The molecule has 15 amide bonds. The van der Waals surface area contributed by atoms with Gasteiger partial charge >= 0.3 is 29.8 Å². The number of aromatic amines is 1. The molecular weight excluding hydrogens is 1540 g/mol. The number of nitrogens with zero attached hydrogens (tertiary/aromatic N) is 1. The maximum Gasteiger partial charge on any atom is 0.335 e. The Morgan fingerprint density at radius 2 is 1.20 bits per heavy atom. The lowest BCUT2D eigenvalue weighted by Gasteiger charge is -2.32. The van der Waals surface area contributed by atoms with Crippen molar-refractivity contribution in [3.05, 3.63) is 36.0 Å². The number of methoxy groups -OCH3 is 1. The summed E-state index contributed by atoms with van der Waals surface area (Å²) in [6.45, 7) is 8.05. The highest BCUT2D eigenvalue weighted by Gasteiger charge is 2.43. The molecule has 23 N–H and O–H groups in total. The number of unbranched alkanes of at least 4 members (excludes halogenated alkanes) is 4. The third-order valence-corrected chi connectivity index (χ3v) is 19.3. The molecule has 1 aromatic heterocycles. The van der Waals surface area contributed by atoms with Crippen molar-refractivity contribution >= 4 is 129 Å². The summed E-state index contributed by atoms with van der Waals surface area (Å²) >= 11 is 0. The van der Waals surface area contributed by atoms with E-state index < -0.39 is 261 Å². The Kier molecular flexibility index (Phi) is 42.2. The second kappa shape index (κ2) is 49.8. The van der Waals surface area contributed by atoms with E-state index >= 15 is 4.79 Å². The van der Waals surface area contributed by atoms with Crippen LogP contribution in [0.4, 0.5) is 0 Å². The van der Waals surface area contributed by atoms with E-state index in [9.17, 15) is 112 Å². The molecule has 0 saturated carbocycles. The van der Waals surface area contributed by atoms with Crippen molar-refractivity contribution < 1.29 is 126 Å². The highest BCUT2D eigenvalue weighted by atomic mass is 16.5. The average molecular weight is 1660 g/mol. The number of hydrogen-bond acceptors (Lipinski definition) is 23. The van der Waals surface area contributed by atoms with Crippen molar-refractivity contribution in [3.63, 3.8) is 0 Å². The highest BCUT2D eigenvalue weighted by Crippen LogP contribution is 2.22. The van der Waals surface area contributed by atoms with Gasteiger partial charge < -0.3 is 121 Å². The Bertz CT molecular complexity index is 3870. The molecule has 0 radical (unpaired) electrons. The van der Waals surface area contributed by atoms with Gasteiger partial charge in [-0.05, 0) is 81.9 Å². The number of benzene rings is 1. The number of carboxylic acids is 4. The number of carboxylic acid groups (broad SMARTS) is 4. The number of aliphatic carboxylic acids is 4. The zero-order valence-electron chi connectivity index (χ0n) is 66.9. The largest absolute Gasteiger partial charge is 0.481 e. The van der Waals surface area contributed by atoms with Crippen molar-refractivity contribution in [3.8, 4) is 0 Å². The number of nitrogens with one attached hydrogen (secondary N) is 13. The summed E-state index contributed by atoms with van der Waals surface area (Å²) in [4.78, 5) is 278. The van der Waals surface area contributed by atoms with Crippen LogP contribution in [0.1, 0.15) is 163 Å². The fraction of sp³-hybridized carbons (Fsp3) is 0.622. The fourth-order valence-electron chi connectivity index (χ4n) is 12.3. The van der Waals surface area contributed by atoms with Crippen LogP contribution in [0.2, 0.25) is 0 Å². The molecule has 43 heteroatoms. The summed E-state index contributed by atoms with van der Waals surface area (Å²) in [5, 5.41) is 67.6. The van der Waals surface area contributed by atoms with E-state index in [4.69, 9.17) is 26.7 Å². The first-order valence-corrected chi connectivity index (χ1v) is 38.3. The number of rotatable bonds is 38. The summed E-state index contributed by atoms with van der Waals surface area (Å²) < 4.78 is 10.8. The van der Waals surface area contributed by atoms with E-state index in [1.807, 2.05) is 5.32 Å². The fourth-order valence-corrected chi connectivity index (χ4v) is 12.3. The smallest absolute Gasteiger partial charge is 0.335 e. The molecule has 0 aliphatic carbocycles. The van der Waals surface area contributed by atoms with Crippen LogP contribution in [-0.4, -0.2) is 261 Å². The summed E-state index contributed by atoms with van der Waals surface area (Å²) in [5.74, 6) is -29.1. The minimum Gasteiger partial charge on any atom is -0.481 e. The molecule has 2 aromatic rings. The van der Waals surface area contributed by atoms with Gasteiger partial charge in [0.05, 0.1) is 38.8 Å². The lowest BCUT2D eigenvalue weighted by Crippen LogP contribution is -2.62. The van der Waals surface area contributed by atoms with Gasteiger partial charge in [-0.2, -0.15) is 0 Å². The van der Waals surface area contributed by atoms with Crippen LogP contribution in [-0.2, 0) is 112 Å². The molecule has 117 heavy (non-hydrogen) atoms. The predicted octanol–water partition coefficient (Wildman–Crippen LogP) is -4.55. The SMILES string of the molecule is CCC(C)CCCCCCC(=O)N[C@@H](Cc1c[nH]c2ccccc12)C(=O)N[C@H](CCC(=O)O)C(=O)N[C@@H](CC(N)=O)C(=O)N[C@@H]1C(=O)N(C)CC(=O)N[C@@H](C)C(=O)N[C@@H](CC(=O)O)C(=O)N[C@H](CCCCN)C(=O)N[C@@H](C(OC)C(=O)O)C(=O)NCC(=O)N[C@H](CC(N)=O)C(=O)N[C@@H](C(C)CC(=O)O)C(=O)N[C@@H]([C@@H](C)CC)C(=O)O[C@@H]1C. The lowest BCUT2D eigenvalue weighted by atomic mass is 9.94.